The van der Waals surface area contributed by atoms with E-state index >= 15 is 0 Å². The lowest BCUT2D eigenvalue weighted by Gasteiger charge is -2.36. The molecule has 0 amide bonds. The van der Waals surface area contributed by atoms with Gasteiger partial charge in [-0.2, -0.15) is 0 Å². The topological polar surface area (TPSA) is 54.0 Å². The Labute approximate surface area is 187 Å². The average molecular weight is 447 g/mol. The van der Waals surface area contributed by atoms with Gasteiger partial charge in [0.05, 0.1) is 33.0 Å². The van der Waals surface area contributed by atoms with Crippen molar-refractivity contribution >= 4 is 14.3 Å². The SMILES string of the molecule is CCCCCCCCCCCC(=O)OCCOCCOCCO[Si](C)(C)C(C)(C)C. The molecule has 0 saturated carbocycles. The van der Waals surface area contributed by atoms with Gasteiger partial charge in [-0.15, -0.1) is 0 Å². The molecule has 0 atom stereocenters. The van der Waals surface area contributed by atoms with Gasteiger partial charge < -0.3 is 18.6 Å². The maximum atomic E-state index is 11.7. The molecule has 0 spiro atoms. The number of carbonyl (C=O) groups is 1. The maximum Gasteiger partial charge on any atom is 0.305 e. The van der Waals surface area contributed by atoms with E-state index in [1.54, 1.807) is 0 Å². The summed E-state index contributed by atoms with van der Waals surface area (Å²) in [5.41, 5.74) is 0. The third kappa shape index (κ3) is 17.3. The van der Waals surface area contributed by atoms with Crippen LogP contribution in [0, 0.1) is 0 Å². The summed E-state index contributed by atoms with van der Waals surface area (Å²) in [5, 5.41) is 0.224. The number of carbonyl (C=O) groups excluding carboxylic acids is 1. The predicted octanol–water partition coefficient (Wildman–Crippen LogP) is 6.51. The molecule has 6 heteroatoms. The summed E-state index contributed by atoms with van der Waals surface area (Å²) in [6.45, 7) is 16.4. The Bertz CT molecular complexity index is 407. The predicted molar refractivity (Wildman–Crippen MR) is 128 cm³/mol. The lowest BCUT2D eigenvalue weighted by Crippen LogP contribution is -2.41. The van der Waals surface area contributed by atoms with E-state index in [0.717, 1.165) is 12.8 Å². The van der Waals surface area contributed by atoms with E-state index in [2.05, 4.69) is 40.8 Å². The highest BCUT2D eigenvalue weighted by atomic mass is 28.4. The van der Waals surface area contributed by atoms with Gasteiger partial charge in [-0.1, -0.05) is 79.1 Å². The maximum absolute atomic E-state index is 11.7. The summed E-state index contributed by atoms with van der Waals surface area (Å²) >= 11 is 0. The fraction of sp³-hybridized carbons (Fsp3) is 0.958. The molecule has 0 aromatic rings. The van der Waals surface area contributed by atoms with Crippen LogP contribution >= 0.6 is 0 Å². The number of esters is 1. The lowest BCUT2D eigenvalue weighted by atomic mass is 10.1. The molecule has 180 valence electrons. The van der Waals surface area contributed by atoms with Gasteiger partial charge in [0, 0.05) is 6.42 Å². The first kappa shape index (κ1) is 29.6. The van der Waals surface area contributed by atoms with Crippen molar-refractivity contribution < 1.29 is 23.4 Å². The van der Waals surface area contributed by atoms with Gasteiger partial charge in [-0.3, -0.25) is 4.79 Å². The van der Waals surface area contributed by atoms with Gasteiger partial charge in [0.25, 0.3) is 0 Å². The van der Waals surface area contributed by atoms with E-state index in [9.17, 15) is 4.79 Å². The van der Waals surface area contributed by atoms with E-state index in [4.69, 9.17) is 18.6 Å². The van der Waals surface area contributed by atoms with E-state index in [1.165, 1.54) is 44.9 Å². The zero-order valence-corrected chi connectivity index (χ0v) is 21.9. The first-order valence-electron chi connectivity index (χ1n) is 12.2. The summed E-state index contributed by atoms with van der Waals surface area (Å²) in [4.78, 5) is 11.7. The molecule has 0 saturated heterocycles. The van der Waals surface area contributed by atoms with Crippen LogP contribution in [-0.2, 0) is 23.4 Å². The van der Waals surface area contributed by atoms with Crippen LogP contribution in [0.2, 0.25) is 18.1 Å². The second kappa shape index (κ2) is 18.2. The first-order valence-corrected chi connectivity index (χ1v) is 15.1. The third-order valence-electron chi connectivity index (χ3n) is 5.84. The average Bonchev–Trinajstić information content (AvgIpc) is 2.67. The van der Waals surface area contributed by atoms with Crippen molar-refractivity contribution in [3.05, 3.63) is 0 Å². The fourth-order valence-corrected chi connectivity index (χ4v) is 3.79. The van der Waals surface area contributed by atoms with Gasteiger partial charge in [0.2, 0.25) is 0 Å². The summed E-state index contributed by atoms with van der Waals surface area (Å²) in [5.74, 6) is -0.111. The number of unbranched alkanes of at least 4 members (excludes halogenated alkanes) is 8. The van der Waals surface area contributed by atoms with Crippen LogP contribution in [0.25, 0.3) is 0 Å². The third-order valence-corrected chi connectivity index (χ3v) is 10.4. The Morgan fingerprint density at radius 1 is 0.700 bits per heavy atom. The van der Waals surface area contributed by atoms with Crippen LogP contribution < -0.4 is 0 Å². The molecular formula is C24H50O5Si. The minimum Gasteiger partial charge on any atom is -0.463 e. The highest BCUT2D eigenvalue weighted by molar-refractivity contribution is 6.74. The molecule has 0 rings (SSSR count). The molecule has 0 aliphatic carbocycles. The van der Waals surface area contributed by atoms with E-state index < -0.39 is 8.32 Å². The molecule has 0 bridgehead atoms. The van der Waals surface area contributed by atoms with Gasteiger partial charge in [0.1, 0.15) is 6.61 Å². The molecule has 0 N–H and O–H groups in total. The summed E-state index contributed by atoms with van der Waals surface area (Å²) in [6, 6.07) is 0. The van der Waals surface area contributed by atoms with Crippen molar-refractivity contribution in [2.45, 2.75) is 110 Å². The lowest BCUT2D eigenvalue weighted by molar-refractivity contribution is -0.145. The number of hydrogen-bond acceptors (Lipinski definition) is 5. The highest BCUT2D eigenvalue weighted by Crippen LogP contribution is 2.36. The summed E-state index contributed by atoms with van der Waals surface area (Å²) in [7, 11) is -1.68. The molecule has 0 aromatic heterocycles. The zero-order chi connectivity index (χ0) is 22.7. The Kier molecular flexibility index (Phi) is 17.9. The second-order valence-corrected chi connectivity index (χ2v) is 14.4. The molecule has 0 radical (unpaired) electrons. The molecule has 0 aliphatic heterocycles. The Morgan fingerprint density at radius 2 is 1.17 bits per heavy atom. The quantitative estimate of drug-likeness (QED) is 0.121. The Balaban J connectivity index is 3.34. The second-order valence-electron chi connectivity index (χ2n) is 9.63. The van der Waals surface area contributed by atoms with Crippen molar-refractivity contribution in [3.8, 4) is 0 Å². The zero-order valence-electron chi connectivity index (χ0n) is 20.9. The smallest absolute Gasteiger partial charge is 0.305 e. The van der Waals surface area contributed by atoms with Crippen LogP contribution in [0.1, 0.15) is 91.9 Å². The standard InChI is InChI=1S/C24H50O5Si/c1-7-8-9-10-11-12-13-14-15-16-23(25)28-21-19-26-17-18-27-20-22-29-30(5,6)24(2,3)4/h7-22H2,1-6H3. The Morgan fingerprint density at radius 3 is 1.70 bits per heavy atom. The van der Waals surface area contributed by atoms with Crippen molar-refractivity contribution in [1.29, 1.82) is 0 Å². The molecule has 0 heterocycles. The van der Waals surface area contributed by atoms with Crippen LogP contribution in [0.15, 0.2) is 0 Å². The van der Waals surface area contributed by atoms with Crippen LogP contribution in [0.5, 0.6) is 0 Å². The van der Waals surface area contributed by atoms with Crippen LogP contribution in [0.4, 0.5) is 0 Å². The largest absolute Gasteiger partial charge is 0.463 e. The number of rotatable bonds is 20. The molecule has 5 nitrogen and oxygen atoms in total. The van der Waals surface area contributed by atoms with Crippen molar-refractivity contribution in [2.24, 2.45) is 0 Å². The minimum atomic E-state index is -1.68. The molecule has 0 unspecified atom stereocenters. The van der Waals surface area contributed by atoms with Gasteiger partial charge in [-0.05, 0) is 24.6 Å². The number of ether oxygens (including phenoxy) is 3. The fourth-order valence-electron chi connectivity index (χ4n) is 2.76. The summed E-state index contributed by atoms with van der Waals surface area (Å²) in [6.07, 6.45) is 11.8. The van der Waals surface area contributed by atoms with Gasteiger partial charge in [-0.25, -0.2) is 0 Å². The molecule has 30 heavy (non-hydrogen) atoms. The Hall–Kier alpha value is -0.433. The van der Waals surface area contributed by atoms with Crippen molar-refractivity contribution in [2.75, 3.05) is 39.6 Å². The van der Waals surface area contributed by atoms with E-state index in [0.29, 0.717) is 46.1 Å². The first-order chi connectivity index (χ1) is 14.2. The highest BCUT2D eigenvalue weighted by Gasteiger charge is 2.36. The summed E-state index contributed by atoms with van der Waals surface area (Å²) < 4.78 is 22.3. The van der Waals surface area contributed by atoms with Crippen LogP contribution in [-0.4, -0.2) is 53.9 Å². The van der Waals surface area contributed by atoms with Crippen molar-refractivity contribution in [3.63, 3.8) is 0 Å². The normalized spacial score (nSPS) is 12.3. The molecule has 0 fully saturated rings. The van der Waals surface area contributed by atoms with Gasteiger partial charge >= 0.3 is 5.97 Å². The molecular weight excluding hydrogens is 396 g/mol. The van der Waals surface area contributed by atoms with Crippen molar-refractivity contribution in [1.82, 2.24) is 0 Å². The van der Waals surface area contributed by atoms with E-state index in [-0.39, 0.29) is 11.0 Å². The monoisotopic (exact) mass is 446 g/mol. The molecule has 0 aliphatic rings. The van der Waals surface area contributed by atoms with Gasteiger partial charge in [0.15, 0.2) is 8.32 Å². The number of hydrogen-bond donors (Lipinski definition) is 0. The molecule has 0 aromatic carbocycles. The van der Waals surface area contributed by atoms with E-state index in [1.807, 2.05) is 0 Å². The minimum absolute atomic E-state index is 0.111. The van der Waals surface area contributed by atoms with Crippen LogP contribution in [0.3, 0.4) is 0 Å².